The van der Waals surface area contributed by atoms with E-state index in [9.17, 15) is 9.18 Å². The van der Waals surface area contributed by atoms with Gasteiger partial charge in [-0.15, -0.1) is 0 Å². The molecule has 0 aliphatic rings. The lowest BCUT2D eigenvalue weighted by Crippen LogP contribution is -2.19. The summed E-state index contributed by atoms with van der Waals surface area (Å²) >= 11 is 3.39. The van der Waals surface area contributed by atoms with Gasteiger partial charge >= 0.3 is 0 Å². The number of hydrogen-bond donors (Lipinski definition) is 2. The maximum atomic E-state index is 13.5. The lowest BCUT2D eigenvalue weighted by atomic mass is 10.2. The third kappa shape index (κ3) is 4.54. The number of anilines is 2. The summed E-state index contributed by atoms with van der Waals surface area (Å²) in [5.74, 6) is -0.977. The number of carbonyl (C=O) groups is 1. The molecule has 0 saturated carbocycles. The first kappa shape index (κ1) is 15.5. The quantitative estimate of drug-likeness (QED) is 0.811. The van der Waals surface area contributed by atoms with Crippen LogP contribution in [0, 0.1) is 5.82 Å². The van der Waals surface area contributed by atoms with Gasteiger partial charge in [0.2, 0.25) is 5.91 Å². The Hall–Kier alpha value is -1.92. The molecule has 110 valence electrons. The van der Waals surface area contributed by atoms with Crippen molar-refractivity contribution in [3.8, 4) is 0 Å². The van der Waals surface area contributed by atoms with Crippen molar-refractivity contribution in [2.45, 2.75) is 6.61 Å². The zero-order valence-electron chi connectivity index (χ0n) is 11.1. The number of hydrogen-bond acceptors (Lipinski definition) is 3. The standard InChI is InChI=1S/C15H14BrFN2O2/c16-12-4-2-1-3-10(12)8-21-9-15(20)19-14-7-11(18)5-6-13(14)17/h1-7H,8-9,18H2,(H,19,20). The van der Waals surface area contributed by atoms with Gasteiger partial charge in [0.15, 0.2) is 0 Å². The summed E-state index contributed by atoms with van der Waals surface area (Å²) in [7, 11) is 0. The Bertz CT molecular complexity index is 649. The highest BCUT2D eigenvalue weighted by Crippen LogP contribution is 2.18. The molecule has 1 amide bonds. The Morgan fingerprint density at radius 2 is 2.05 bits per heavy atom. The van der Waals surface area contributed by atoms with E-state index in [0.29, 0.717) is 5.69 Å². The van der Waals surface area contributed by atoms with Crippen molar-refractivity contribution in [3.05, 3.63) is 58.3 Å². The van der Waals surface area contributed by atoms with E-state index >= 15 is 0 Å². The molecule has 0 unspecified atom stereocenters. The van der Waals surface area contributed by atoms with Crippen LogP contribution in [0.15, 0.2) is 46.9 Å². The number of nitrogen functional groups attached to an aromatic ring is 1. The summed E-state index contributed by atoms with van der Waals surface area (Å²) in [6, 6.07) is 11.5. The summed E-state index contributed by atoms with van der Waals surface area (Å²) < 4.78 is 19.7. The molecular formula is C15H14BrFN2O2. The number of amides is 1. The van der Waals surface area contributed by atoms with E-state index < -0.39 is 11.7 Å². The molecule has 2 aromatic rings. The molecule has 0 radical (unpaired) electrons. The van der Waals surface area contributed by atoms with Gasteiger partial charge in [-0.3, -0.25) is 4.79 Å². The molecule has 0 aliphatic carbocycles. The lowest BCUT2D eigenvalue weighted by molar-refractivity contribution is -0.121. The van der Waals surface area contributed by atoms with Crippen molar-refractivity contribution in [1.82, 2.24) is 0 Å². The normalized spacial score (nSPS) is 10.4. The van der Waals surface area contributed by atoms with Crippen LogP contribution in [0.2, 0.25) is 0 Å². The summed E-state index contributed by atoms with van der Waals surface area (Å²) in [6.07, 6.45) is 0. The maximum absolute atomic E-state index is 13.5. The van der Waals surface area contributed by atoms with Crippen LogP contribution in [0.3, 0.4) is 0 Å². The minimum atomic E-state index is -0.539. The van der Waals surface area contributed by atoms with Gasteiger partial charge in [0.1, 0.15) is 12.4 Å². The highest BCUT2D eigenvalue weighted by Gasteiger charge is 2.08. The second-order valence-electron chi connectivity index (χ2n) is 4.37. The minimum Gasteiger partial charge on any atom is -0.399 e. The van der Waals surface area contributed by atoms with Gasteiger partial charge in [0, 0.05) is 10.2 Å². The van der Waals surface area contributed by atoms with Crippen molar-refractivity contribution in [3.63, 3.8) is 0 Å². The van der Waals surface area contributed by atoms with Crippen LogP contribution >= 0.6 is 15.9 Å². The number of carbonyl (C=O) groups excluding carboxylic acids is 1. The first-order valence-electron chi connectivity index (χ1n) is 6.22. The van der Waals surface area contributed by atoms with Crippen LogP contribution in [-0.4, -0.2) is 12.5 Å². The Kier molecular flexibility index (Phi) is 5.30. The molecule has 0 aromatic heterocycles. The number of nitrogens with two attached hydrogens (primary N) is 1. The number of benzene rings is 2. The molecule has 3 N–H and O–H groups in total. The molecule has 0 heterocycles. The van der Waals surface area contributed by atoms with Gasteiger partial charge in [-0.2, -0.15) is 0 Å². The van der Waals surface area contributed by atoms with Crippen molar-refractivity contribution in [1.29, 1.82) is 0 Å². The van der Waals surface area contributed by atoms with Crippen LogP contribution in [-0.2, 0) is 16.1 Å². The molecule has 2 rings (SSSR count). The maximum Gasteiger partial charge on any atom is 0.250 e. The number of rotatable bonds is 5. The van der Waals surface area contributed by atoms with Crippen LogP contribution < -0.4 is 11.1 Å². The number of ether oxygens (including phenoxy) is 1. The van der Waals surface area contributed by atoms with E-state index in [4.69, 9.17) is 10.5 Å². The van der Waals surface area contributed by atoms with Crippen LogP contribution in [0.25, 0.3) is 0 Å². The van der Waals surface area contributed by atoms with E-state index in [1.165, 1.54) is 18.2 Å². The molecule has 0 spiro atoms. The smallest absolute Gasteiger partial charge is 0.250 e. The van der Waals surface area contributed by atoms with Gasteiger partial charge in [0.25, 0.3) is 0 Å². The van der Waals surface area contributed by atoms with Gasteiger partial charge in [0.05, 0.1) is 12.3 Å². The van der Waals surface area contributed by atoms with Crippen LogP contribution in [0.5, 0.6) is 0 Å². The molecule has 0 fully saturated rings. The number of nitrogens with one attached hydrogen (secondary N) is 1. The first-order chi connectivity index (χ1) is 10.1. The van der Waals surface area contributed by atoms with Gasteiger partial charge in [-0.05, 0) is 29.8 Å². The molecule has 6 heteroatoms. The monoisotopic (exact) mass is 352 g/mol. The topological polar surface area (TPSA) is 64.3 Å². The minimum absolute atomic E-state index is 0.0458. The van der Waals surface area contributed by atoms with Crippen molar-refractivity contribution < 1.29 is 13.9 Å². The summed E-state index contributed by atoms with van der Waals surface area (Å²) in [4.78, 5) is 11.7. The Morgan fingerprint density at radius 3 is 2.81 bits per heavy atom. The Balaban J connectivity index is 1.85. The van der Waals surface area contributed by atoms with Crippen LogP contribution in [0.4, 0.5) is 15.8 Å². The molecule has 0 atom stereocenters. The fraction of sp³-hybridized carbons (Fsp3) is 0.133. The second-order valence-corrected chi connectivity index (χ2v) is 5.23. The largest absolute Gasteiger partial charge is 0.399 e. The van der Waals surface area contributed by atoms with E-state index in [1.807, 2.05) is 24.3 Å². The number of halogens is 2. The predicted molar refractivity (Wildman–Crippen MR) is 83.2 cm³/mol. The highest BCUT2D eigenvalue weighted by molar-refractivity contribution is 9.10. The summed E-state index contributed by atoms with van der Waals surface area (Å²) in [5.41, 5.74) is 6.89. The molecule has 2 aromatic carbocycles. The van der Waals surface area contributed by atoms with E-state index in [0.717, 1.165) is 10.0 Å². The predicted octanol–water partition coefficient (Wildman–Crippen LogP) is 3.33. The molecule has 0 aliphatic heterocycles. The molecule has 21 heavy (non-hydrogen) atoms. The van der Waals surface area contributed by atoms with Gasteiger partial charge < -0.3 is 15.8 Å². The van der Waals surface area contributed by atoms with Gasteiger partial charge in [-0.1, -0.05) is 34.1 Å². The van der Waals surface area contributed by atoms with Gasteiger partial charge in [-0.25, -0.2) is 4.39 Å². The molecular weight excluding hydrogens is 339 g/mol. The zero-order valence-corrected chi connectivity index (χ0v) is 12.7. The zero-order chi connectivity index (χ0) is 15.2. The van der Waals surface area contributed by atoms with Crippen molar-refractivity contribution in [2.75, 3.05) is 17.7 Å². The summed E-state index contributed by atoms with van der Waals surface area (Å²) in [5, 5.41) is 2.42. The average Bonchev–Trinajstić information content (AvgIpc) is 2.45. The molecule has 0 saturated heterocycles. The fourth-order valence-electron chi connectivity index (χ4n) is 1.69. The third-order valence-corrected chi connectivity index (χ3v) is 3.49. The van der Waals surface area contributed by atoms with E-state index in [-0.39, 0.29) is 18.9 Å². The van der Waals surface area contributed by atoms with Crippen LogP contribution in [0.1, 0.15) is 5.56 Å². The highest BCUT2D eigenvalue weighted by atomic mass is 79.9. The van der Waals surface area contributed by atoms with E-state index in [2.05, 4.69) is 21.2 Å². The Morgan fingerprint density at radius 1 is 1.29 bits per heavy atom. The van der Waals surface area contributed by atoms with E-state index in [1.54, 1.807) is 0 Å². The SMILES string of the molecule is Nc1ccc(F)c(NC(=O)COCc2ccccc2Br)c1. The average molecular weight is 353 g/mol. The first-order valence-corrected chi connectivity index (χ1v) is 7.01. The second kappa shape index (κ2) is 7.19. The molecule has 4 nitrogen and oxygen atoms in total. The molecule has 0 bridgehead atoms. The lowest BCUT2D eigenvalue weighted by Gasteiger charge is -2.08. The Labute approximate surface area is 130 Å². The fourth-order valence-corrected chi connectivity index (χ4v) is 2.09. The third-order valence-electron chi connectivity index (χ3n) is 2.71. The van der Waals surface area contributed by atoms with Crippen molar-refractivity contribution >= 4 is 33.2 Å². The van der Waals surface area contributed by atoms with Crippen molar-refractivity contribution in [2.24, 2.45) is 0 Å². The summed E-state index contributed by atoms with van der Waals surface area (Å²) in [6.45, 7) is 0.115.